The van der Waals surface area contributed by atoms with Crippen molar-refractivity contribution < 1.29 is 27.6 Å². The Morgan fingerprint density at radius 2 is 1.52 bits per heavy atom. The van der Waals surface area contributed by atoms with E-state index in [4.69, 9.17) is 4.74 Å². The summed E-state index contributed by atoms with van der Waals surface area (Å²) < 4.78 is 45.0. The minimum absolute atomic E-state index is 0.00742. The first-order valence-corrected chi connectivity index (χ1v) is 5.62. The molecular weight excluding hydrogens is 291 g/mol. The minimum Gasteiger partial charge on any atom is -0.450 e. The normalized spacial score (nSPS) is 11.0. The second-order valence-electron chi connectivity index (χ2n) is 3.85. The fourth-order valence-corrected chi connectivity index (χ4v) is 1.53. The number of ether oxygens (including phenoxy) is 2. The van der Waals surface area contributed by atoms with Crippen LogP contribution in [0.1, 0.15) is 0 Å². The van der Waals surface area contributed by atoms with E-state index in [1.165, 1.54) is 30.3 Å². The van der Waals surface area contributed by atoms with Crippen LogP contribution in [-0.2, 0) is 0 Å². The summed E-state index contributed by atoms with van der Waals surface area (Å²) in [6.07, 6.45) is -4.78. The van der Waals surface area contributed by atoms with Gasteiger partial charge in [0.15, 0.2) is 0 Å². The van der Waals surface area contributed by atoms with Gasteiger partial charge in [0, 0.05) is 6.07 Å². The molecule has 0 aliphatic rings. The Hall–Kier alpha value is -2.77. The van der Waals surface area contributed by atoms with E-state index >= 15 is 0 Å². The molecule has 0 saturated carbocycles. The molecule has 0 unspecified atom stereocenters. The molecule has 8 heteroatoms. The zero-order valence-corrected chi connectivity index (χ0v) is 10.3. The van der Waals surface area contributed by atoms with Crippen molar-refractivity contribution in [2.75, 3.05) is 0 Å². The molecule has 0 saturated heterocycles. The van der Waals surface area contributed by atoms with Crippen LogP contribution in [0.3, 0.4) is 0 Å². The summed E-state index contributed by atoms with van der Waals surface area (Å²) in [4.78, 5) is 10.2. The average Bonchev–Trinajstić information content (AvgIpc) is 2.40. The molecule has 0 radical (unpaired) electrons. The molecule has 0 amide bonds. The quantitative estimate of drug-likeness (QED) is 0.624. The van der Waals surface area contributed by atoms with Crippen molar-refractivity contribution in [1.82, 2.24) is 0 Å². The van der Waals surface area contributed by atoms with Gasteiger partial charge >= 0.3 is 12.0 Å². The van der Waals surface area contributed by atoms with Gasteiger partial charge in [-0.15, -0.1) is 13.2 Å². The highest BCUT2D eigenvalue weighted by molar-refractivity contribution is 5.48. The van der Waals surface area contributed by atoms with Crippen LogP contribution in [0.2, 0.25) is 0 Å². The highest BCUT2D eigenvalue weighted by Gasteiger charge is 2.31. The van der Waals surface area contributed by atoms with Crippen LogP contribution in [-0.4, -0.2) is 11.3 Å². The Morgan fingerprint density at radius 1 is 0.952 bits per heavy atom. The molecule has 0 aliphatic carbocycles. The molecular formula is C13H8F3NO4. The highest BCUT2D eigenvalue weighted by atomic mass is 19.4. The number of nitro groups is 1. The molecule has 0 bridgehead atoms. The van der Waals surface area contributed by atoms with Gasteiger partial charge in [-0.1, -0.05) is 12.1 Å². The molecule has 0 N–H and O–H groups in total. The molecule has 2 aromatic rings. The Bertz CT molecular complexity index is 641. The van der Waals surface area contributed by atoms with Crippen LogP contribution in [0.15, 0.2) is 48.5 Å². The summed E-state index contributed by atoms with van der Waals surface area (Å²) in [5.41, 5.74) is -0.242. The number of hydrogen-bond acceptors (Lipinski definition) is 4. The Morgan fingerprint density at radius 3 is 2.10 bits per heavy atom. The van der Waals surface area contributed by atoms with Gasteiger partial charge in [-0.3, -0.25) is 10.1 Å². The number of benzene rings is 2. The zero-order valence-electron chi connectivity index (χ0n) is 10.3. The van der Waals surface area contributed by atoms with Crippen molar-refractivity contribution in [3.8, 4) is 17.2 Å². The van der Waals surface area contributed by atoms with E-state index in [1.54, 1.807) is 6.07 Å². The van der Waals surface area contributed by atoms with E-state index in [-0.39, 0.29) is 17.2 Å². The smallest absolute Gasteiger partial charge is 0.450 e. The fourth-order valence-electron chi connectivity index (χ4n) is 1.53. The fraction of sp³-hybridized carbons (Fsp3) is 0.0769. The first-order valence-electron chi connectivity index (χ1n) is 5.62. The molecule has 21 heavy (non-hydrogen) atoms. The van der Waals surface area contributed by atoms with Gasteiger partial charge in [0.25, 0.3) is 0 Å². The van der Waals surface area contributed by atoms with Gasteiger partial charge in [0.05, 0.1) is 4.92 Å². The second kappa shape index (κ2) is 5.70. The molecule has 0 aromatic heterocycles. The molecule has 2 rings (SSSR count). The number of nitro benzene ring substituents is 1. The van der Waals surface area contributed by atoms with Crippen LogP contribution in [0.25, 0.3) is 0 Å². The largest absolute Gasteiger partial charge is 0.573 e. The number of nitrogens with zero attached hydrogens (tertiary/aromatic N) is 1. The predicted molar refractivity (Wildman–Crippen MR) is 66.3 cm³/mol. The molecule has 0 fully saturated rings. The standard InChI is InChI=1S/C13H8F3NO4/c14-13(15,16)21-10-7-5-9(6-8-10)20-12-4-2-1-3-11(12)17(18)19/h1-8H. The van der Waals surface area contributed by atoms with Gasteiger partial charge in [-0.05, 0) is 30.3 Å². The Kier molecular flexibility index (Phi) is 3.97. The lowest BCUT2D eigenvalue weighted by molar-refractivity contribution is -0.385. The topological polar surface area (TPSA) is 61.6 Å². The monoisotopic (exact) mass is 299 g/mol. The maximum atomic E-state index is 12.0. The average molecular weight is 299 g/mol. The first kappa shape index (κ1) is 14.6. The molecule has 2 aromatic carbocycles. The van der Waals surface area contributed by atoms with Crippen molar-refractivity contribution in [2.45, 2.75) is 6.36 Å². The first-order chi connectivity index (χ1) is 9.85. The van der Waals surface area contributed by atoms with Crippen LogP contribution >= 0.6 is 0 Å². The van der Waals surface area contributed by atoms with Crippen LogP contribution in [0.5, 0.6) is 17.2 Å². The minimum atomic E-state index is -4.78. The van der Waals surface area contributed by atoms with Gasteiger partial charge in [-0.25, -0.2) is 0 Å². The number of hydrogen-bond donors (Lipinski definition) is 0. The third kappa shape index (κ3) is 4.10. The van der Waals surface area contributed by atoms with Crippen molar-refractivity contribution in [1.29, 1.82) is 0 Å². The van der Waals surface area contributed by atoms with Crippen LogP contribution < -0.4 is 9.47 Å². The van der Waals surface area contributed by atoms with Crippen molar-refractivity contribution in [3.05, 3.63) is 58.6 Å². The highest BCUT2D eigenvalue weighted by Crippen LogP contribution is 2.32. The number of alkyl halides is 3. The van der Waals surface area contributed by atoms with Crippen molar-refractivity contribution in [3.63, 3.8) is 0 Å². The lowest BCUT2D eigenvalue weighted by Gasteiger charge is -2.10. The van der Waals surface area contributed by atoms with Crippen molar-refractivity contribution >= 4 is 5.69 Å². The third-order valence-electron chi connectivity index (χ3n) is 2.35. The molecule has 110 valence electrons. The Labute approximate surface area is 116 Å². The third-order valence-corrected chi connectivity index (χ3v) is 2.35. The summed E-state index contributed by atoms with van der Waals surface area (Å²) in [6, 6.07) is 10.2. The van der Waals surface area contributed by atoms with Gasteiger partial charge < -0.3 is 9.47 Å². The number of para-hydroxylation sites is 2. The summed E-state index contributed by atoms with van der Waals surface area (Å²) in [6.45, 7) is 0. The zero-order chi connectivity index (χ0) is 15.5. The van der Waals surface area contributed by atoms with E-state index < -0.39 is 17.0 Å². The van der Waals surface area contributed by atoms with Gasteiger partial charge in [0.2, 0.25) is 5.75 Å². The molecule has 5 nitrogen and oxygen atoms in total. The van der Waals surface area contributed by atoms with E-state index in [0.29, 0.717) is 0 Å². The SMILES string of the molecule is O=[N+]([O-])c1ccccc1Oc1ccc(OC(F)(F)F)cc1. The van der Waals surface area contributed by atoms with E-state index in [1.807, 2.05) is 0 Å². The summed E-state index contributed by atoms with van der Waals surface area (Å²) in [7, 11) is 0. The van der Waals surface area contributed by atoms with E-state index in [9.17, 15) is 23.3 Å². The second-order valence-corrected chi connectivity index (χ2v) is 3.85. The predicted octanol–water partition coefficient (Wildman–Crippen LogP) is 4.29. The van der Waals surface area contributed by atoms with Gasteiger partial charge in [-0.2, -0.15) is 0 Å². The summed E-state index contributed by atoms with van der Waals surface area (Å²) >= 11 is 0. The summed E-state index contributed by atoms with van der Waals surface area (Å²) in [5, 5.41) is 10.8. The number of rotatable bonds is 4. The van der Waals surface area contributed by atoms with Crippen LogP contribution in [0, 0.1) is 10.1 Å². The van der Waals surface area contributed by atoms with Gasteiger partial charge in [0.1, 0.15) is 11.5 Å². The Balaban J connectivity index is 2.16. The summed E-state index contributed by atoms with van der Waals surface area (Å²) in [5.74, 6) is -0.261. The maximum absolute atomic E-state index is 12.0. The maximum Gasteiger partial charge on any atom is 0.573 e. The van der Waals surface area contributed by atoms with Crippen molar-refractivity contribution in [2.24, 2.45) is 0 Å². The molecule has 0 atom stereocenters. The van der Waals surface area contributed by atoms with Crippen LogP contribution in [0.4, 0.5) is 18.9 Å². The number of halogens is 3. The van der Waals surface area contributed by atoms with E-state index in [2.05, 4.69) is 4.74 Å². The lowest BCUT2D eigenvalue weighted by Crippen LogP contribution is -2.16. The lowest BCUT2D eigenvalue weighted by atomic mass is 10.3. The molecule has 0 aliphatic heterocycles. The van der Waals surface area contributed by atoms with E-state index in [0.717, 1.165) is 12.1 Å². The molecule has 0 spiro atoms. The molecule has 0 heterocycles.